The topological polar surface area (TPSA) is 50.3 Å². The molecule has 5 nitrogen and oxygen atoms in total. The minimum atomic E-state index is 0.459. The number of para-hydroxylation sites is 1. The highest BCUT2D eigenvalue weighted by Gasteiger charge is 2.20. The number of anilines is 1. The monoisotopic (exact) mass is 298 g/mol. The summed E-state index contributed by atoms with van der Waals surface area (Å²) in [6.07, 6.45) is 4.07. The minimum absolute atomic E-state index is 0.459. The van der Waals surface area contributed by atoms with Gasteiger partial charge in [-0.15, -0.1) is 5.10 Å². The van der Waals surface area contributed by atoms with E-state index in [4.69, 9.17) is 4.74 Å². The Labute approximate surface area is 131 Å². The summed E-state index contributed by atoms with van der Waals surface area (Å²) in [5, 5.41) is 11.8. The molecular weight excluding hydrogens is 276 g/mol. The smallest absolute Gasteiger partial charge is 0.151 e. The molecule has 0 radical (unpaired) electrons. The van der Waals surface area contributed by atoms with Crippen LogP contribution in [0, 0.1) is 0 Å². The van der Waals surface area contributed by atoms with Crippen LogP contribution in [-0.4, -0.2) is 36.4 Å². The number of hydrogen-bond acceptors (Lipinski definition) is 5. The van der Waals surface area contributed by atoms with E-state index in [9.17, 15) is 0 Å². The summed E-state index contributed by atoms with van der Waals surface area (Å²) < 4.78 is 5.41. The van der Waals surface area contributed by atoms with Crippen molar-refractivity contribution in [1.82, 2.24) is 15.5 Å². The van der Waals surface area contributed by atoms with Crippen LogP contribution in [0.5, 0.6) is 5.75 Å². The molecule has 1 atom stereocenters. The molecule has 1 aromatic heterocycles. The van der Waals surface area contributed by atoms with E-state index in [-0.39, 0.29) is 0 Å². The molecule has 1 aliphatic rings. The van der Waals surface area contributed by atoms with Crippen LogP contribution in [0.3, 0.4) is 0 Å². The molecule has 0 bridgehead atoms. The van der Waals surface area contributed by atoms with Crippen LogP contribution in [0.15, 0.2) is 42.6 Å². The molecule has 1 aliphatic heterocycles. The molecule has 1 fully saturated rings. The van der Waals surface area contributed by atoms with Gasteiger partial charge in [-0.05, 0) is 31.0 Å². The fourth-order valence-corrected chi connectivity index (χ4v) is 2.92. The third-order valence-electron chi connectivity index (χ3n) is 4.08. The summed E-state index contributed by atoms with van der Waals surface area (Å²) in [5.41, 5.74) is 1.20. The Hall–Kier alpha value is -2.14. The van der Waals surface area contributed by atoms with E-state index in [0.29, 0.717) is 6.04 Å². The van der Waals surface area contributed by atoms with Crippen molar-refractivity contribution in [3.63, 3.8) is 0 Å². The second kappa shape index (κ2) is 7.22. The van der Waals surface area contributed by atoms with Gasteiger partial charge in [0, 0.05) is 37.4 Å². The second-order valence-electron chi connectivity index (χ2n) is 5.56. The van der Waals surface area contributed by atoms with Crippen LogP contribution in [0.4, 0.5) is 5.82 Å². The van der Waals surface area contributed by atoms with Gasteiger partial charge < -0.3 is 15.0 Å². The van der Waals surface area contributed by atoms with Crippen molar-refractivity contribution in [2.24, 2.45) is 0 Å². The Morgan fingerprint density at radius 3 is 3.00 bits per heavy atom. The molecule has 5 heteroatoms. The van der Waals surface area contributed by atoms with Gasteiger partial charge in [-0.1, -0.05) is 18.2 Å². The predicted octanol–water partition coefficient (Wildman–Crippen LogP) is 2.24. The lowest BCUT2D eigenvalue weighted by Crippen LogP contribution is -2.45. The Balaban J connectivity index is 1.59. The third kappa shape index (κ3) is 3.54. The van der Waals surface area contributed by atoms with Crippen LogP contribution in [0.1, 0.15) is 18.4 Å². The Bertz CT molecular complexity index is 590. The SMILES string of the molecule is COc1ccccc1CN[C@@H]1CCCN(c2cccnn2)C1. The molecule has 0 amide bonds. The molecule has 0 spiro atoms. The summed E-state index contributed by atoms with van der Waals surface area (Å²) in [6, 6.07) is 12.6. The number of rotatable bonds is 5. The molecule has 1 saturated heterocycles. The van der Waals surface area contributed by atoms with Crippen LogP contribution in [0.25, 0.3) is 0 Å². The fourth-order valence-electron chi connectivity index (χ4n) is 2.92. The van der Waals surface area contributed by atoms with Crippen molar-refractivity contribution < 1.29 is 4.74 Å². The number of aromatic nitrogens is 2. The van der Waals surface area contributed by atoms with Gasteiger partial charge in [-0.2, -0.15) is 5.10 Å². The van der Waals surface area contributed by atoms with Crippen molar-refractivity contribution in [3.05, 3.63) is 48.2 Å². The Morgan fingerprint density at radius 1 is 1.27 bits per heavy atom. The molecular formula is C17H22N4O. The van der Waals surface area contributed by atoms with Gasteiger partial charge in [0.05, 0.1) is 7.11 Å². The maximum atomic E-state index is 5.41. The van der Waals surface area contributed by atoms with Crippen LogP contribution in [0.2, 0.25) is 0 Å². The summed E-state index contributed by atoms with van der Waals surface area (Å²) in [6.45, 7) is 2.84. The van der Waals surface area contributed by atoms with Crippen LogP contribution >= 0.6 is 0 Å². The number of benzene rings is 1. The molecule has 2 heterocycles. The molecule has 2 aromatic rings. The first kappa shape index (κ1) is 14.8. The number of hydrogen-bond donors (Lipinski definition) is 1. The Kier molecular flexibility index (Phi) is 4.85. The molecule has 116 valence electrons. The lowest BCUT2D eigenvalue weighted by molar-refractivity contribution is 0.394. The van der Waals surface area contributed by atoms with Crippen molar-refractivity contribution >= 4 is 5.82 Å². The number of ether oxygens (including phenoxy) is 1. The average molecular weight is 298 g/mol. The predicted molar refractivity (Wildman–Crippen MR) is 87.1 cm³/mol. The van der Waals surface area contributed by atoms with E-state index >= 15 is 0 Å². The van der Waals surface area contributed by atoms with Crippen molar-refractivity contribution in [2.75, 3.05) is 25.1 Å². The molecule has 22 heavy (non-hydrogen) atoms. The van der Waals surface area contributed by atoms with E-state index in [1.54, 1.807) is 13.3 Å². The van der Waals surface area contributed by atoms with E-state index < -0.39 is 0 Å². The zero-order chi connectivity index (χ0) is 15.2. The number of piperidine rings is 1. The first-order chi connectivity index (χ1) is 10.9. The molecule has 1 N–H and O–H groups in total. The average Bonchev–Trinajstić information content (AvgIpc) is 2.61. The number of methoxy groups -OCH3 is 1. The summed E-state index contributed by atoms with van der Waals surface area (Å²) in [7, 11) is 1.72. The lowest BCUT2D eigenvalue weighted by Gasteiger charge is -2.33. The Morgan fingerprint density at radius 2 is 2.18 bits per heavy atom. The minimum Gasteiger partial charge on any atom is -0.496 e. The molecule has 0 unspecified atom stereocenters. The maximum Gasteiger partial charge on any atom is 0.151 e. The summed E-state index contributed by atoms with van der Waals surface area (Å²) in [4.78, 5) is 2.30. The van der Waals surface area contributed by atoms with Crippen molar-refractivity contribution in [3.8, 4) is 5.75 Å². The molecule has 3 rings (SSSR count). The van der Waals surface area contributed by atoms with Gasteiger partial charge in [-0.3, -0.25) is 0 Å². The van der Waals surface area contributed by atoms with Gasteiger partial charge in [0.2, 0.25) is 0 Å². The van der Waals surface area contributed by atoms with Crippen molar-refractivity contribution in [1.29, 1.82) is 0 Å². The fraction of sp³-hybridized carbons (Fsp3) is 0.412. The molecule has 1 aromatic carbocycles. The zero-order valence-electron chi connectivity index (χ0n) is 12.9. The number of nitrogens with zero attached hydrogens (tertiary/aromatic N) is 3. The first-order valence-corrected chi connectivity index (χ1v) is 7.75. The zero-order valence-corrected chi connectivity index (χ0v) is 12.9. The first-order valence-electron chi connectivity index (χ1n) is 7.75. The highest BCUT2D eigenvalue weighted by molar-refractivity contribution is 5.37. The highest BCUT2D eigenvalue weighted by Crippen LogP contribution is 2.19. The van der Waals surface area contributed by atoms with E-state index in [1.165, 1.54) is 18.4 Å². The second-order valence-corrected chi connectivity index (χ2v) is 5.56. The lowest BCUT2D eigenvalue weighted by atomic mass is 10.0. The maximum absolute atomic E-state index is 5.41. The summed E-state index contributed by atoms with van der Waals surface area (Å²) >= 11 is 0. The quantitative estimate of drug-likeness (QED) is 0.917. The van der Waals surface area contributed by atoms with Gasteiger partial charge in [0.25, 0.3) is 0 Å². The van der Waals surface area contributed by atoms with E-state index in [2.05, 4.69) is 26.5 Å². The largest absolute Gasteiger partial charge is 0.496 e. The molecule has 0 saturated carbocycles. The standard InChI is InChI=1S/C17H22N4O/c1-22-16-8-3-2-6-14(16)12-18-15-7-5-11-21(13-15)17-9-4-10-19-20-17/h2-4,6,8-10,15,18H,5,7,11-13H2,1H3/t15-/m1/s1. The van der Waals surface area contributed by atoms with E-state index in [1.807, 2.05) is 30.3 Å². The van der Waals surface area contributed by atoms with Crippen LogP contribution < -0.4 is 15.0 Å². The van der Waals surface area contributed by atoms with Gasteiger partial charge in [-0.25, -0.2) is 0 Å². The van der Waals surface area contributed by atoms with Crippen molar-refractivity contribution in [2.45, 2.75) is 25.4 Å². The van der Waals surface area contributed by atoms with Gasteiger partial charge >= 0.3 is 0 Å². The third-order valence-corrected chi connectivity index (χ3v) is 4.08. The van der Waals surface area contributed by atoms with E-state index in [0.717, 1.165) is 31.2 Å². The summed E-state index contributed by atoms with van der Waals surface area (Å²) in [5.74, 6) is 1.91. The highest BCUT2D eigenvalue weighted by atomic mass is 16.5. The van der Waals surface area contributed by atoms with Gasteiger partial charge in [0.1, 0.15) is 5.75 Å². The van der Waals surface area contributed by atoms with Gasteiger partial charge in [0.15, 0.2) is 5.82 Å². The molecule has 0 aliphatic carbocycles. The van der Waals surface area contributed by atoms with Crippen LogP contribution in [-0.2, 0) is 6.54 Å². The number of nitrogens with one attached hydrogen (secondary N) is 1. The normalized spacial score (nSPS) is 18.2.